The van der Waals surface area contributed by atoms with Crippen LogP contribution in [0.5, 0.6) is 0 Å². The molecule has 0 heterocycles. The number of carbonyl (C=O) groups excluding carboxylic acids is 1. The van der Waals surface area contributed by atoms with E-state index in [-0.39, 0.29) is 16.5 Å². The summed E-state index contributed by atoms with van der Waals surface area (Å²) in [5.74, 6) is -0.296. The predicted molar refractivity (Wildman–Crippen MR) is 114 cm³/mol. The second kappa shape index (κ2) is 8.82. The summed E-state index contributed by atoms with van der Waals surface area (Å²) in [6.07, 6.45) is 0. The first-order chi connectivity index (χ1) is 13.9. The number of nitrogens with one attached hydrogen (secondary N) is 2. The molecule has 0 aliphatic carbocycles. The van der Waals surface area contributed by atoms with Crippen LogP contribution in [-0.2, 0) is 10.0 Å². The molecule has 146 valence electrons. The van der Waals surface area contributed by atoms with Gasteiger partial charge in [0.05, 0.1) is 10.6 Å². The van der Waals surface area contributed by atoms with E-state index < -0.39 is 10.0 Å². The van der Waals surface area contributed by atoms with Crippen molar-refractivity contribution in [3.05, 3.63) is 83.9 Å². The number of aryl methyl sites for hydroxylation is 1. The topological polar surface area (TPSA) is 99.1 Å². The smallest absolute Gasteiger partial charge is 0.261 e. The van der Waals surface area contributed by atoms with Gasteiger partial charge in [0.2, 0.25) is 0 Å². The average molecular weight is 424 g/mol. The molecule has 6 nitrogen and oxygen atoms in total. The number of hydrogen-bond donors (Lipinski definition) is 2. The molecule has 0 radical (unpaired) electrons. The van der Waals surface area contributed by atoms with Gasteiger partial charge >= 0.3 is 0 Å². The molecule has 0 saturated heterocycles. The zero-order valence-electron chi connectivity index (χ0n) is 15.4. The van der Waals surface area contributed by atoms with Crippen LogP contribution in [0.2, 0.25) is 0 Å². The zero-order chi connectivity index (χ0) is 20.9. The van der Waals surface area contributed by atoms with Gasteiger partial charge in [-0.1, -0.05) is 35.9 Å². The molecular formula is C21H17N3O3S2. The molecule has 0 atom stereocenters. The van der Waals surface area contributed by atoms with Gasteiger partial charge in [0.25, 0.3) is 15.9 Å². The van der Waals surface area contributed by atoms with Crippen LogP contribution in [0.15, 0.2) is 82.6 Å². The zero-order valence-corrected chi connectivity index (χ0v) is 17.0. The van der Waals surface area contributed by atoms with Crippen molar-refractivity contribution in [3.63, 3.8) is 0 Å². The highest BCUT2D eigenvalue weighted by Crippen LogP contribution is 2.31. The van der Waals surface area contributed by atoms with Gasteiger partial charge in [-0.15, -0.1) is 0 Å². The lowest BCUT2D eigenvalue weighted by Crippen LogP contribution is -2.14. The summed E-state index contributed by atoms with van der Waals surface area (Å²) in [5.41, 5.74) is 2.26. The van der Waals surface area contributed by atoms with Crippen molar-refractivity contribution < 1.29 is 13.2 Å². The molecule has 0 aromatic heterocycles. The number of hydrogen-bond acceptors (Lipinski definition) is 5. The summed E-state index contributed by atoms with van der Waals surface area (Å²) in [5, 5.41) is 13.8. The van der Waals surface area contributed by atoms with E-state index in [4.69, 9.17) is 5.26 Å². The third kappa shape index (κ3) is 5.16. The Kier molecular flexibility index (Phi) is 6.22. The van der Waals surface area contributed by atoms with Gasteiger partial charge in [-0.25, -0.2) is 8.42 Å². The third-order valence-corrected chi connectivity index (χ3v) is 6.04. The minimum atomic E-state index is -3.80. The maximum absolute atomic E-state index is 12.6. The number of thiocyanates is 1. The fourth-order valence-corrected chi connectivity index (χ4v) is 4.21. The van der Waals surface area contributed by atoms with Crippen molar-refractivity contribution in [1.82, 2.24) is 0 Å². The lowest BCUT2D eigenvalue weighted by Gasteiger charge is -2.13. The Hall–Kier alpha value is -3.28. The highest BCUT2D eigenvalue weighted by Gasteiger charge is 2.17. The van der Waals surface area contributed by atoms with Gasteiger partial charge in [-0.3, -0.25) is 9.52 Å². The van der Waals surface area contributed by atoms with Crippen LogP contribution in [0.4, 0.5) is 11.4 Å². The van der Waals surface area contributed by atoms with Crippen LogP contribution in [0.1, 0.15) is 15.9 Å². The van der Waals surface area contributed by atoms with Crippen molar-refractivity contribution in [2.45, 2.75) is 16.7 Å². The summed E-state index contributed by atoms with van der Waals surface area (Å²) >= 11 is 0.804. The fraction of sp³-hybridized carbons (Fsp3) is 0.0476. The fourth-order valence-electron chi connectivity index (χ4n) is 2.53. The second-order valence-electron chi connectivity index (χ2n) is 6.14. The van der Waals surface area contributed by atoms with Crippen LogP contribution >= 0.6 is 11.8 Å². The number of carbonyl (C=O) groups is 1. The van der Waals surface area contributed by atoms with Crippen LogP contribution < -0.4 is 10.0 Å². The average Bonchev–Trinajstić information content (AvgIpc) is 2.71. The number of nitriles is 1. The molecule has 0 aliphatic rings. The monoisotopic (exact) mass is 423 g/mol. The number of benzene rings is 3. The molecule has 0 saturated carbocycles. The maximum Gasteiger partial charge on any atom is 0.261 e. The number of anilines is 2. The highest BCUT2D eigenvalue weighted by atomic mass is 32.2. The van der Waals surface area contributed by atoms with Gasteiger partial charge < -0.3 is 5.32 Å². The van der Waals surface area contributed by atoms with Crippen LogP contribution in [-0.4, -0.2) is 14.3 Å². The molecule has 0 bridgehead atoms. The Morgan fingerprint density at radius 2 is 1.69 bits per heavy atom. The summed E-state index contributed by atoms with van der Waals surface area (Å²) in [6, 6.07) is 19.7. The van der Waals surface area contributed by atoms with E-state index in [9.17, 15) is 13.2 Å². The Labute approximate surface area is 173 Å². The third-order valence-electron chi connectivity index (χ3n) is 4.01. The lowest BCUT2D eigenvalue weighted by atomic mass is 10.1. The van der Waals surface area contributed by atoms with E-state index in [0.717, 1.165) is 17.3 Å². The Morgan fingerprint density at radius 1 is 1.00 bits per heavy atom. The van der Waals surface area contributed by atoms with Gasteiger partial charge in [-0.05, 0) is 61.2 Å². The quantitative estimate of drug-likeness (QED) is 0.445. The van der Waals surface area contributed by atoms with E-state index >= 15 is 0 Å². The second-order valence-corrected chi connectivity index (χ2v) is 8.65. The van der Waals surface area contributed by atoms with E-state index in [1.165, 1.54) is 18.2 Å². The van der Waals surface area contributed by atoms with Crippen LogP contribution in [0, 0.1) is 17.6 Å². The van der Waals surface area contributed by atoms with Crippen molar-refractivity contribution in [3.8, 4) is 5.40 Å². The molecule has 3 aromatic carbocycles. The SMILES string of the molecule is Cc1ccc(C(=O)Nc2ccc(NS(=O)(=O)c3ccccc3)c(SC#N)c2)cc1. The summed E-state index contributed by atoms with van der Waals surface area (Å²) in [7, 11) is -3.80. The van der Waals surface area contributed by atoms with Crippen LogP contribution in [0.25, 0.3) is 0 Å². The lowest BCUT2D eigenvalue weighted by molar-refractivity contribution is 0.102. The molecule has 0 spiro atoms. The minimum absolute atomic E-state index is 0.115. The van der Waals surface area contributed by atoms with Crippen molar-refractivity contribution in [2.75, 3.05) is 10.0 Å². The first-order valence-electron chi connectivity index (χ1n) is 8.55. The van der Waals surface area contributed by atoms with Gasteiger partial charge in [0, 0.05) is 16.1 Å². The molecular weight excluding hydrogens is 406 g/mol. The number of nitrogens with zero attached hydrogens (tertiary/aromatic N) is 1. The Morgan fingerprint density at radius 3 is 2.34 bits per heavy atom. The number of amides is 1. The Bertz CT molecular complexity index is 1170. The molecule has 0 fully saturated rings. The van der Waals surface area contributed by atoms with Crippen molar-refractivity contribution >= 4 is 39.1 Å². The molecule has 2 N–H and O–H groups in total. The van der Waals surface area contributed by atoms with Crippen molar-refractivity contribution in [2.24, 2.45) is 0 Å². The highest BCUT2D eigenvalue weighted by molar-refractivity contribution is 8.04. The molecule has 8 heteroatoms. The molecule has 29 heavy (non-hydrogen) atoms. The van der Waals surface area contributed by atoms with Crippen LogP contribution in [0.3, 0.4) is 0 Å². The number of rotatable bonds is 6. The predicted octanol–water partition coefficient (Wildman–Crippen LogP) is 4.62. The first-order valence-corrected chi connectivity index (χ1v) is 10.8. The summed E-state index contributed by atoms with van der Waals surface area (Å²) in [6.45, 7) is 1.93. The van der Waals surface area contributed by atoms with Crippen molar-refractivity contribution in [1.29, 1.82) is 5.26 Å². The van der Waals surface area contributed by atoms with E-state index in [1.54, 1.807) is 42.5 Å². The van der Waals surface area contributed by atoms with E-state index in [0.29, 0.717) is 16.1 Å². The normalized spacial score (nSPS) is 10.8. The van der Waals surface area contributed by atoms with E-state index in [2.05, 4.69) is 10.0 Å². The first kappa shape index (κ1) is 20.5. The number of thioether (sulfide) groups is 1. The minimum Gasteiger partial charge on any atom is -0.322 e. The molecule has 3 aromatic rings. The van der Waals surface area contributed by atoms with Gasteiger partial charge in [-0.2, -0.15) is 5.26 Å². The summed E-state index contributed by atoms with van der Waals surface area (Å²) in [4.78, 5) is 12.9. The molecule has 0 unspecified atom stereocenters. The van der Waals surface area contributed by atoms with E-state index in [1.807, 2.05) is 24.5 Å². The molecule has 0 aliphatic heterocycles. The molecule has 3 rings (SSSR count). The van der Waals surface area contributed by atoms with Gasteiger partial charge in [0.1, 0.15) is 5.40 Å². The Balaban J connectivity index is 1.84. The molecule has 1 amide bonds. The maximum atomic E-state index is 12.6. The largest absolute Gasteiger partial charge is 0.322 e. The summed E-state index contributed by atoms with van der Waals surface area (Å²) < 4.78 is 27.6. The number of sulfonamides is 1. The standard InChI is InChI=1S/C21H17N3O3S2/c1-15-7-9-16(10-8-15)21(25)23-17-11-12-19(20(13-17)28-14-22)24-29(26,27)18-5-3-2-4-6-18/h2-13,24H,1H3,(H,23,25). The van der Waals surface area contributed by atoms with Gasteiger partial charge in [0.15, 0.2) is 0 Å².